The number of aliphatic carboxylic acids is 1. The summed E-state index contributed by atoms with van der Waals surface area (Å²) in [4.78, 5) is 25.4. The van der Waals surface area contributed by atoms with Gasteiger partial charge in [0.2, 0.25) is 5.91 Å². The molecule has 2 aliphatic heterocycles. The number of rotatable bonds is 3. The third-order valence-electron chi connectivity index (χ3n) is 4.56. The summed E-state index contributed by atoms with van der Waals surface area (Å²) in [6.07, 6.45) is 3.11. The second-order valence-electron chi connectivity index (χ2n) is 5.95. The van der Waals surface area contributed by atoms with Crippen molar-refractivity contribution in [2.24, 2.45) is 0 Å². The highest BCUT2D eigenvalue weighted by Crippen LogP contribution is 2.31. The van der Waals surface area contributed by atoms with Gasteiger partial charge in [0.1, 0.15) is 6.04 Å². The first-order valence-electron chi connectivity index (χ1n) is 7.88. The van der Waals surface area contributed by atoms with Crippen molar-refractivity contribution in [2.45, 2.75) is 44.2 Å². The van der Waals surface area contributed by atoms with Gasteiger partial charge < -0.3 is 14.7 Å². The molecule has 3 rings (SSSR count). The number of carbonyl (C=O) groups is 2. The van der Waals surface area contributed by atoms with E-state index in [2.05, 4.69) is 6.07 Å². The number of nitrogens with zero attached hydrogens (tertiary/aromatic N) is 1. The van der Waals surface area contributed by atoms with Crippen molar-refractivity contribution in [3.63, 3.8) is 0 Å². The fraction of sp³-hybridized carbons (Fsp3) is 0.529. The Balaban J connectivity index is 1.73. The zero-order chi connectivity index (χ0) is 15.5. The highest BCUT2D eigenvalue weighted by molar-refractivity contribution is 5.84. The molecule has 0 aliphatic carbocycles. The minimum Gasteiger partial charge on any atom is -0.480 e. The van der Waals surface area contributed by atoms with E-state index in [4.69, 9.17) is 4.74 Å². The van der Waals surface area contributed by atoms with Crippen LogP contribution in [0.4, 0.5) is 0 Å². The Labute approximate surface area is 129 Å². The Morgan fingerprint density at radius 1 is 1.27 bits per heavy atom. The van der Waals surface area contributed by atoms with Gasteiger partial charge in [-0.15, -0.1) is 0 Å². The molecular formula is C17H21NO4. The summed E-state index contributed by atoms with van der Waals surface area (Å²) >= 11 is 0. The number of carboxylic acids is 1. The van der Waals surface area contributed by atoms with E-state index < -0.39 is 12.0 Å². The van der Waals surface area contributed by atoms with Crippen molar-refractivity contribution >= 4 is 11.9 Å². The Morgan fingerprint density at radius 2 is 2.09 bits per heavy atom. The highest BCUT2D eigenvalue weighted by Gasteiger charge is 2.34. The van der Waals surface area contributed by atoms with Crippen LogP contribution >= 0.6 is 0 Å². The number of amides is 1. The molecule has 1 N–H and O–H groups in total. The number of carbonyl (C=O) groups excluding carboxylic acids is 1. The van der Waals surface area contributed by atoms with Crippen LogP contribution in [0.15, 0.2) is 24.3 Å². The fourth-order valence-corrected chi connectivity index (χ4v) is 3.41. The minimum atomic E-state index is -0.905. The summed E-state index contributed by atoms with van der Waals surface area (Å²) < 4.78 is 5.77. The predicted octanol–water partition coefficient (Wildman–Crippen LogP) is 2.16. The number of piperidine rings is 1. The van der Waals surface area contributed by atoms with E-state index in [9.17, 15) is 14.7 Å². The molecule has 0 saturated carbocycles. The van der Waals surface area contributed by atoms with Gasteiger partial charge in [-0.3, -0.25) is 4.79 Å². The van der Waals surface area contributed by atoms with Crippen molar-refractivity contribution in [1.29, 1.82) is 0 Å². The van der Waals surface area contributed by atoms with Crippen molar-refractivity contribution in [3.05, 3.63) is 35.4 Å². The Hall–Kier alpha value is -1.88. The van der Waals surface area contributed by atoms with E-state index in [0.29, 0.717) is 19.6 Å². The molecule has 0 radical (unpaired) electrons. The lowest BCUT2D eigenvalue weighted by Crippen LogP contribution is -2.48. The molecule has 1 aromatic rings. The molecule has 2 atom stereocenters. The third-order valence-corrected chi connectivity index (χ3v) is 4.56. The lowest BCUT2D eigenvalue weighted by molar-refractivity contribution is -0.153. The molecule has 0 spiro atoms. The monoisotopic (exact) mass is 303 g/mol. The second kappa shape index (κ2) is 6.48. The van der Waals surface area contributed by atoms with Crippen molar-refractivity contribution in [1.82, 2.24) is 4.90 Å². The molecule has 0 unspecified atom stereocenters. The largest absolute Gasteiger partial charge is 0.480 e. The zero-order valence-corrected chi connectivity index (χ0v) is 12.5. The van der Waals surface area contributed by atoms with E-state index in [1.807, 2.05) is 18.2 Å². The highest BCUT2D eigenvalue weighted by atomic mass is 16.5. The van der Waals surface area contributed by atoms with E-state index in [1.54, 1.807) is 0 Å². The topological polar surface area (TPSA) is 66.8 Å². The molecule has 1 saturated heterocycles. The average Bonchev–Trinajstić information content (AvgIpc) is 2.55. The Kier molecular flexibility index (Phi) is 4.43. The first-order valence-corrected chi connectivity index (χ1v) is 7.88. The van der Waals surface area contributed by atoms with Crippen LogP contribution in [-0.2, 0) is 20.7 Å². The van der Waals surface area contributed by atoms with E-state index >= 15 is 0 Å². The lowest BCUT2D eigenvalue weighted by Gasteiger charge is -2.34. The van der Waals surface area contributed by atoms with Gasteiger partial charge in [-0.1, -0.05) is 24.3 Å². The number of ether oxygens (including phenoxy) is 1. The molecule has 2 aliphatic rings. The fourth-order valence-electron chi connectivity index (χ4n) is 3.41. The maximum absolute atomic E-state index is 12.6. The van der Waals surface area contributed by atoms with Crippen LogP contribution in [0.3, 0.4) is 0 Å². The smallest absolute Gasteiger partial charge is 0.326 e. The molecular weight excluding hydrogens is 282 g/mol. The SMILES string of the molecule is O=C(O)[C@@H]1CCCCN1C(=O)C[C@H]1OCCc2ccccc21. The minimum absolute atomic E-state index is 0.117. The number of likely N-dealkylation sites (tertiary alicyclic amines) is 1. The van der Waals surface area contributed by atoms with Gasteiger partial charge in [0.05, 0.1) is 19.1 Å². The maximum atomic E-state index is 12.6. The molecule has 1 amide bonds. The molecule has 0 bridgehead atoms. The second-order valence-corrected chi connectivity index (χ2v) is 5.95. The number of fused-ring (bicyclic) bond motifs is 1. The van der Waals surface area contributed by atoms with Crippen LogP contribution in [0.5, 0.6) is 0 Å². The summed E-state index contributed by atoms with van der Waals surface area (Å²) in [5.74, 6) is -1.02. The molecule has 1 fully saturated rings. The van der Waals surface area contributed by atoms with Gasteiger partial charge >= 0.3 is 5.97 Å². The summed E-state index contributed by atoms with van der Waals surface area (Å²) in [5.41, 5.74) is 2.28. The van der Waals surface area contributed by atoms with E-state index in [0.717, 1.165) is 24.8 Å². The molecule has 1 aromatic carbocycles. The van der Waals surface area contributed by atoms with Gasteiger partial charge in [0.15, 0.2) is 0 Å². The van der Waals surface area contributed by atoms with Crippen LogP contribution in [0.25, 0.3) is 0 Å². The third kappa shape index (κ3) is 2.99. The lowest BCUT2D eigenvalue weighted by atomic mass is 9.94. The average molecular weight is 303 g/mol. The standard InChI is InChI=1S/C17H21NO4/c19-16(18-9-4-3-7-14(18)17(20)21)11-15-13-6-2-1-5-12(13)8-10-22-15/h1-2,5-6,14-15H,3-4,7-11H2,(H,20,21)/t14-,15+/m0/s1. The first kappa shape index (κ1) is 15.0. The number of benzene rings is 1. The number of hydrogen-bond acceptors (Lipinski definition) is 3. The van der Waals surface area contributed by atoms with E-state index in [-0.39, 0.29) is 18.4 Å². The van der Waals surface area contributed by atoms with Crippen molar-refractivity contribution in [3.8, 4) is 0 Å². The van der Waals surface area contributed by atoms with Gasteiger partial charge in [-0.25, -0.2) is 4.79 Å². The number of carboxylic acid groups (broad SMARTS) is 1. The van der Waals surface area contributed by atoms with Gasteiger partial charge in [-0.2, -0.15) is 0 Å². The van der Waals surface area contributed by atoms with Gasteiger partial charge in [-0.05, 0) is 36.8 Å². The molecule has 0 aromatic heterocycles. The van der Waals surface area contributed by atoms with Crippen LogP contribution in [-0.4, -0.2) is 41.1 Å². The van der Waals surface area contributed by atoms with Crippen LogP contribution in [0.2, 0.25) is 0 Å². The first-order chi connectivity index (χ1) is 10.7. The quantitative estimate of drug-likeness (QED) is 0.929. The van der Waals surface area contributed by atoms with E-state index in [1.165, 1.54) is 10.5 Å². The summed E-state index contributed by atoms with van der Waals surface area (Å²) in [6.45, 7) is 1.14. The Morgan fingerprint density at radius 3 is 2.91 bits per heavy atom. The normalized spacial score (nSPS) is 24.6. The van der Waals surface area contributed by atoms with Crippen LogP contribution < -0.4 is 0 Å². The van der Waals surface area contributed by atoms with Crippen LogP contribution in [0, 0.1) is 0 Å². The molecule has 22 heavy (non-hydrogen) atoms. The van der Waals surface area contributed by atoms with Gasteiger partial charge in [0, 0.05) is 6.54 Å². The van der Waals surface area contributed by atoms with Gasteiger partial charge in [0.25, 0.3) is 0 Å². The Bertz CT molecular complexity index is 572. The predicted molar refractivity (Wildman–Crippen MR) is 80.4 cm³/mol. The van der Waals surface area contributed by atoms with Crippen LogP contribution in [0.1, 0.15) is 42.9 Å². The molecule has 2 heterocycles. The summed E-state index contributed by atoms with van der Waals surface area (Å²) in [5, 5.41) is 9.30. The summed E-state index contributed by atoms with van der Waals surface area (Å²) in [7, 11) is 0. The van der Waals surface area contributed by atoms with Crippen molar-refractivity contribution in [2.75, 3.05) is 13.2 Å². The zero-order valence-electron chi connectivity index (χ0n) is 12.5. The maximum Gasteiger partial charge on any atom is 0.326 e. The molecule has 5 nitrogen and oxygen atoms in total. The van der Waals surface area contributed by atoms with Crippen molar-refractivity contribution < 1.29 is 19.4 Å². The number of hydrogen-bond donors (Lipinski definition) is 1. The molecule has 5 heteroatoms. The summed E-state index contributed by atoms with van der Waals surface area (Å²) in [6, 6.07) is 7.33. The molecule has 118 valence electrons.